The van der Waals surface area contributed by atoms with Crippen LogP contribution < -0.4 is 19.5 Å². The van der Waals surface area contributed by atoms with Crippen molar-refractivity contribution in [2.75, 3.05) is 66.8 Å². The van der Waals surface area contributed by atoms with Crippen molar-refractivity contribution in [3.05, 3.63) is 155 Å². The van der Waals surface area contributed by atoms with Crippen molar-refractivity contribution >= 4 is 50.4 Å². The van der Waals surface area contributed by atoms with E-state index in [0.29, 0.717) is 44.0 Å². The van der Waals surface area contributed by atoms with E-state index in [1.165, 1.54) is 71.4 Å². The molecule has 5 aromatic carbocycles. The molecule has 0 aromatic heterocycles. The second kappa shape index (κ2) is 36.9. The number of nitrogens with zero attached hydrogens (tertiary/aromatic N) is 5. The molecule has 4 aliphatic heterocycles. The number of halogens is 1. The van der Waals surface area contributed by atoms with Gasteiger partial charge in [0.05, 0.1) is 104 Å². The van der Waals surface area contributed by atoms with Gasteiger partial charge in [0.1, 0.15) is 29.5 Å². The summed E-state index contributed by atoms with van der Waals surface area (Å²) in [7, 11) is -5.05. The Bertz CT molecular complexity index is 3610. The minimum absolute atomic E-state index is 0. The van der Waals surface area contributed by atoms with Gasteiger partial charge in [-0.05, 0) is 115 Å². The topological polar surface area (TPSA) is 355 Å². The van der Waals surface area contributed by atoms with Crippen molar-refractivity contribution < 1.29 is 89.3 Å². The number of alkyl carbamates (subject to hydrolysis) is 1. The highest BCUT2D eigenvalue weighted by Gasteiger charge is 2.46. The molecule has 4 aliphatic rings. The Kier molecular flexibility index (Phi) is 29.8. The number of non-ortho nitro benzene ring substituents is 1. The predicted octanol–water partition coefficient (Wildman–Crippen LogP) is 8.75. The van der Waals surface area contributed by atoms with E-state index in [1.54, 1.807) is 24.3 Å². The van der Waals surface area contributed by atoms with E-state index < -0.39 is 78.5 Å². The zero-order chi connectivity index (χ0) is 69.6. The van der Waals surface area contributed by atoms with Crippen molar-refractivity contribution in [2.24, 2.45) is 22.7 Å². The number of sulfonamides is 2. The summed E-state index contributed by atoms with van der Waals surface area (Å²) in [4.78, 5) is 34.9. The lowest BCUT2D eigenvalue weighted by molar-refractivity contribution is -0.384. The molecule has 4 N–H and O–H groups in total. The third-order valence-electron chi connectivity index (χ3n) is 16.7. The molecular formula is C68H87ClN6O20S2. The molecule has 26 nitrogen and oxygen atoms in total. The van der Waals surface area contributed by atoms with Crippen LogP contribution in [0.1, 0.15) is 77.3 Å². The molecule has 1 amide bonds. The van der Waals surface area contributed by atoms with Crippen LogP contribution in [-0.2, 0) is 61.3 Å². The molecule has 528 valence electrons. The van der Waals surface area contributed by atoms with Gasteiger partial charge in [0, 0.05) is 57.6 Å². The summed E-state index contributed by atoms with van der Waals surface area (Å²) >= 11 is 0. The summed E-state index contributed by atoms with van der Waals surface area (Å²) in [5.41, 5.74) is 0.543. The highest BCUT2D eigenvalue weighted by Crippen LogP contribution is 2.36. The van der Waals surface area contributed by atoms with Crippen LogP contribution in [0.4, 0.5) is 15.3 Å². The third-order valence-corrected chi connectivity index (χ3v) is 20.4. The number of amides is 1. The second-order valence-corrected chi connectivity index (χ2v) is 29.1. The lowest BCUT2D eigenvalue weighted by atomic mass is 9.88. The monoisotopic (exact) mass is 1410 g/mol. The number of nitro groups is 1. The van der Waals surface area contributed by atoms with Gasteiger partial charge in [-0.1, -0.05) is 88.4 Å². The average Bonchev–Trinajstić information content (AvgIpc) is 1.62. The molecule has 4 fully saturated rings. The van der Waals surface area contributed by atoms with Gasteiger partial charge in [0.15, 0.2) is 12.6 Å². The van der Waals surface area contributed by atoms with Gasteiger partial charge in [-0.15, -0.1) is 12.4 Å². The molecule has 29 heteroatoms. The molecule has 4 heterocycles. The fourth-order valence-electron chi connectivity index (χ4n) is 11.3. The van der Waals surface area contributed by atoms with E-state index in [4.69, 9.17) is 53.2 Å². The van der Waals surface area contributed by atoms with Crippen LogP contribution in [0.15, 0.2) is 143 Å². The van der Waals surface area contributed by atoms with Crippen LogP contribution in [0, 0.1) is 55.4 Å². The molecule has 0 saturated carbocycles. The van der Waals surface area contributed by atoms with Gasteiger partial charge < -0.3 is 63.3 Å². The fourth-order valence-corrected chi connectivity index (χ4v) is 14.6. The Balaban J connectivity index is 0.000000242. The van der Waals surface area contributed by atoms with E-state index >= 15 is 0 Å². The number of carbonyl (C=O) groups excluding carboxylic acids is 2. The van der Waals surface area contributed by atoms with Crippen molar-refractivity contribution in [2.45, 2.75) is 138 Å². The number of hydrogen-bond acceptors (Lipinski definition) is 22. The minimum Gasteiger partial charge on any atom is -0.497 e. The first kappa shape index (κ1) is 78.4. The number of nitro benzene ring substituents is 1. The lowest BCUT2D eigenvalue weighted by Gasteiger charge is -2.35. The molecule has 97 heavy (non-hydrogen) atoms. The quantitative estimate of drug-likeness (QED) is 0.0150. The van der Waals surface area contributed by atoms with Crippen LogP contribution in [0.25, 0.3) is 0 Å². The smallest absolute Gasteiger partial charge is 0.497 e. The number of rotatable bonds is 29. The molecule has 4 saturated heterocycles. The number of hydrogen-bond donors (Lipinski definition) is 4. The van der Waals surface area contributed by atoms with Gasteiger partial charge in [-0.3, -0.25) is 10.1 Å². The number of benzene rings is 5. The zero-order valence-electron chi connectivity index (χ0n) is 55.0. The van der Waals surface area contributed by atoms with Crippen LogP contribution in [-0.4, -0.2) is 174 Å². The predicted molar refractivity (Wildman–Crippen MR) is 355 cm³/mol. The van der Waals surface area contributed by atoms with Crippen LogP contribution in [0.5, 0.6) is 17.2 Å². The number of carbonyl (C=O) groups is 2. The van der Waals surface area contributed by atoms with Gasteiger partial charge in [0.2, 0.25) is 20.0 Å². The first-order valence-electron chi connectivity index (χ1n) is 31.5. The van der Waals surface area contributed by atoms with Gasteiger partial charge in [-0.25, -0.2) is 26.4 Å². The molecule has 0 spiro atoms. The number of ether oxygens (including phenoxy) is 9. The molecular weight excluding hydrogens is 1320 g/mol. The van der Waals surface area contributed by atoms with Gasteiger partial charge in [-0.2, -0.15) is 19.1 Å². The summed E-state index contributed by atoms with van der Waals surface area (Å²) in [5.74, 6) is 1.21. The molecule has 0 bridgehead atoms. The van der Waals surface area contributed by atoms with Gasteiger partial charge in [0.25, 0.3) is 5.69 Å². The van der Waals surface area contributed by atoms with Gasteiger partial charge >= 0.3 is 12.2 Å². The van der Waals surface area contributed by atoms with Crippen molar-refractivity contribution in [3.63, 3.8) is 0 Å². The minimum atomic E-state index is -4.08. The summed E-state index contributed by atoms with van der Waals surface area (Å²) in [6.07, 6.45) is -3.39. The number of aliphatic hydroxyl groups excluding tert-OH is 3. The summed E-state index contributed by atoms with van der Waals surface area (Å²) < 4.78 is 105. The number of fused-ring (bicyclic) bond motifs is 2. The number of methoxy groups -OCH3 is 2. The maximum atomic E-state index is 13.9. The van der Waals surface area contributed by atoms with Crippen LogP contribution in [0.2, 0.25) is 0 Å². The Morgan fingerprint density at radius 1 is 0.619 bits per heavy atom. The molecule has 10 atom stereocenters. The Morgan fingerprint density at radius 3 is 1.47 bits per heavy atom. The first-order valence-corrected chi connectivity index (χ1v) is 34.3. The summed E-state index contributed by atoms with van der Waals surface area (Å²) in [5, 5.41) is 64.2. The number of aliphatic hydroxyl groups is 3. The lowest BCUT2D eigenvalue weighted by Crippen LogP contribution is -2.52. The number of nitriles is 2. The van der Waals surface area contributed by atoms with E-state index in [2.05, 4.69) is 17.5 Å². The zero-order valence-corrected chi connectivity index (χ0v) is 57.5. The number of nitrogens with one attached hydrogen (secondary N) is 1. The highest BCUT2D eigenvalue weighted by molar-refractivity contribution is 7.89. The van der Waals surface area contributed by atoms with E-state index in [0.717, 1.165) is 24.0 Å². The standard InChI is InChI=1S/C31H41N3O8S.C24H32N2O5S.C13H13NO7.ClH/c1-31(2,15-7-16-32)21-34(43(37,38)24-12-10-23(39-3)11-13-24)19-27(35)26(18-22-8-5-4-6-9-22)33-30(36)42-28-20-41-29-25(28)14-17-40-29;1-24(2,14-7-15-25)18-26(32(29,30)21-12-10-20(31-3)11-13-21)17-23(28)22(27)16-19-8-5-4-6-9-19;15-13(20-9-3-1-8(2-4-9)14(16)17)21-11-7-19-12-10(11)5-6-18-12;/h4-6,8-13,25-29,35H,7,14-15,17-21H2,1-3H3,(H,33,36);4-6,8-13,22-23,27-28H,7,14,16-18H2,1-3H3;1-4,10-12H,5-7H2;1H/t25-,26+,27-,28-,29+;22-,23+;10-,11-,12+;/m101./s1. The van der Waals surface area contributed by atoms with E-state index in [-0.39, 0.29) is 123 Å². The maximum Gasteiger partial charge on any atom is 0.514 e. The third kappa shape index (κ3) is 23.3. The first-order chi connectivity index (χ1) is 45.7. The molecule has 0 unspecified atom stereocenters. The molecule has 0 aliphatic carbocycles. The van der Waals surface area contributed by atoms with E-state index in [1.807, 2.05) is 88.4 Å². The SMILES string of the molecule is COc1ccc(S(=O)(=O)N(C[C@@H](O)[C@@H](O)Cc2ccccc2)CC(C)(C)CCC#N)cc1.COc1ccc(S(=O)(=O)N(C[C@@H](O)[C@H](Cc2ccccc2)NC(=O)O[C@@H]2CO[C@@H]3OCC[C@@H]32)CC(C)(C)CCC#N)cc1.Cl.O=C(Oc1ccc([N+](=O)[O-])cc1)O[C@@H]1CO[C@@H]2OCC[C@@H]21. The Morgan fingerprint density at radius 2 is 1.04 bits per heavy atom. The average molecular weight is 1410 g/mol. The maximum absolute atomic E-state index is 13.9. The Labute approximate surface area is 572 Å². The van der Waals surface area contributed by atoms with Crippen molar-refractivity contribution in [1.29, 1.82) is 10.5 Å². The Hall–Kier alpha value is -7.55. The molecule has 5 aromatic rings. The summed E-state index contributed by atoms with van der Waals surface area (Å²) in [6.45, 7) is 8.74. The van der Waals surface area contributed by atoms with Crippen molar-refractivity contribution in [3.8, 4) is 29.4 Å². The van der Waals surface area contributed by atoms with E-state index in [9.17, 15) is 51.9 Å². The largest absolute Gasteiger partial charge is 0.514 e. The van der Waals surface area contributed by atoms with Crippen molar-refractivity contribution in [1.82, 2.24) is 13.9 Å². The van der Waals surface area contributed by atoms with Crippen LogP contribution in [0.3, 0.4) is 0 Å². The normalized spacial score (nSPS) is 20.1. The highest BCUT2D eigenvalue weighted by atomic mass is 35.5. The molecule has 0 radical (unpaired) electrons. The second-order valence-electron chi connectivity index (χ2n) is 25.2. The summed E-state index contributed by atoms with van der Waals surface area (Å²) in [6, 6.07) is 39.1. The molecule has 9 rings (SSSR count). The fraction of sp³-hybridized carbons (Fsp3) is 0.500. The van der Waals surface area contributed by atoms with Crippen LogP contribution >= 0.6 is 12.4 Å².